The van der Waals surface area contributed by atoms with Crippen molar-refractivity contribution in [2.75, 3.05) is 19.0 Å². The van der Waals surface area contributed by atoms with E-state index in [-0.39, 0.29) is 6.03 Å². The predicted molar refractivity (Wildman–Crippen MR) is 84.1 cm³/mol. The van der Waals surface area contributed by atoms with Crippen LogP contribution in [0.5, 0.6) is 0 Å². The minimum Gasteiger partial charge on any atom is -0.345 e. The molecule has 1 aromatic carbocycles. The Bertz CT molecular complexity index is 808. The first-order chi connectivity index (χ1) is 10.6. The quantitative estimate of drug-likeness (QED) is 0.788. The average molecular weight is 296 g/mol. The maximum Gasteiger partial charge on any atom is 0.329 e. The molecular formula is C15H16N6O. The summed E-state index contributed by atoms with van der Waals surface area (Å²) in [6, 6.07) is 8.97. The third kappa shape index (κ3) is 2.48. The number of nitrogens with zero attached hydrogens (tertiary/aromatic N) is 5. The van der Waals surface area contributed by atoms with E-state index in [0.29, 0.717) is 11.5 Å². The molecule has 0 unspecified atom stereocenters. The molecule has 2 amide bonds. The van der Waals surface area contributed by atoms with E-state index in [1.807, 2.05) is 31.2 Å². The summed E-state index contributed by atoms with van der Waals surface area (Å²) < 4.78 is 0. The van der Waals surface area contributed by atoms with Gasteiger partial charge >= 0.3 is 6.03 Å². The molecule has 2 heterocycles. The van der Waals surface area contributed by atoms with Crippen LogP contribution in [0.15, 0.2) is 36.7 Å². The van der Waals surface area contributed by atoms with Crippen LogP contribution >= 0.6 is 0 Å². The van der Waals surface area contributed by atoms with Gasteiger partial charge < -0.3 is 9.88 Å². The Morgan fingerprint density at radius 2 is 1.95 bits per heavy atom. The largest absolute Gasteiger partial charge is 0.345 e. The Morgan fingerprint density at radius 3 is 2.64 bits per heavy atom. The van der Waals surface area contributed by atoms with Crippen LogP contribution < -0.4 is 4.90 Å². The van der Waals surface area contributed by atoms with Gasteiger partial charge in [-0.2, -0.15) is 5.10 Å². The lowest BCUT2D eigenvalue weighted by molar-refractivity contribution is 0.226. The molecule has 0 aliphatic heterocycles. The standard InChI is InChI=1S/C15H16N6O/c1-10-4-7-14(19-18-10)21(15(22)20(2)3)11-5-6-12-13(8-11)17-9-16-12/h4-9H,1-3H3,(H,16,17). The fourth-order valence-corrected chi connectivity index (χ4v) is 2.11. The number of hydrogen-bond donors (Lipinski definition) is 1. The van der Waals surface area contributed by atoms with Gasteiger partial charge in [0.25, 0.3) is 0 Å². The van der Waals surface area contributed by atoms with Crippen molar-refractivity contribution in [3.63, 3.8) is 0 Å². The van der Waals surface area contributed by atoms with E-state index in [9.17, 15) is 4.79 Å². The Kier molecular flexibility index (Phi) is 3.46. The van der Waals surface area contributed by atoms with Crippen LogP contribution in [0.25, 0.3) is 11.0 Å². The first-order valence-electron chi connectivity index (χ1n) is 6.81. The summed E-state index contributed by atoms with van der Waals surface area (Å²) in [5.41, 5.74) is 3.20. The Labute approximate surface area is 127 Å². The Hall–Kier alpha value is -2.96. The number of aromatic amines is 1. The van der Waals surface area contributed by atoms with Crippen molar-refractivity contribution in [2.24, 2.45) is 0 Å². The Balaban J connectivity index is 2.11. The van der Waals surface area contributed by atoms with Crippen molar-refractivity contribution in [1.29, 1.82) is 0 Å². The molecule has 0 spiro atoms. The highest BCUT2D eigenvalue weighted by Gasteiger charge is 2.21. The fraction of sp³-hybridized carbons (Fsp3) is 0.200. The highest BCUT2D eigenvalue weighted by Crippen LogP contribution is 2.27. The van der Waals surface area contributed by atoms with Crippen LogP contribution in [0.3, 0.4) is 0 Å². The molecule has 0 atom stereocenters. The number of anilines is 2. The third-order valence-electron chi connectivity index (χ3n) is 3.25. The number of imidazole rings is 1. The van der Waals surface area contributed by atoms with E-state index in [0.717, 1.165) is 16.7 Å². The lowest BCUT2D eigenvalue weighted by Crippen LogP contribution is -2.36. The number of carbonyl (C=O) groups is 1. The minimum absolute atomic E-state index is 0.197. The molecule has 0 saturated carbocycles. The summed E-state index contributed by atoms with van der Waals surface area (Å²) in [4.78, 5) is 22.8. The number of aromatic nitrogens is 4. The highest BCUT2D eigenvalue weighted by atomic mass is 16.2. The molecule has 7 nitrogen and oxygen atoms in total. The molecule has 0 saturated heterocycles. The van der Waals surface area contributed by atoms with Gasteiger partial charge in [0.1, 0.15) is 0 Å². The topological polar surface area (TPSA) is 78.0 Å². The second kappa shape index (κ2) is 5.44. The van der Waals surface area contributed by atoms with Crippen molar-refractivity contribution in [1.82, 2.24) is 25.1 Å². The van der Waals surface area contributed by atoms with Gasteiger partial charge in [-0.15, -0.1) is 5.10 Å². The van der Waals surface area contributed by atoms with Gasteiger partial charge in [-0.05, 0) is 37.3 Å². The monoisotopic (exact) mass is 296 g/mol. The fourth-order valence-electron chi connectivity index (χ4n) is 2.11. The number of urea groups is 1. The molecule has 2 aromatic heterocycles. The number of benzene rings is 1. The van der Waals surface area contributed by atoms with E-state index in [4.69, 9.17) is 0 Å². The second-order valence-corrected chi connectivity index (χ2v) is 5.15. The summed E-state index contributed by atoms with van der Waals surface area (Å²) in [6.07, 6.45) is 1.62. The molecule has 0 aliphatic carbocycles. The van der Waals surface area contributed by atoms with Crippen LogP contribution in [0.2, 0.25) is 0 Å². The average Bonchev–Trinajstić information content (AvgIpc) is 2.97. The zero-order valence-electron chi connectivity index (χ0n) is 12.6. The van der Waals surface area contributed by atoms with Gasteiger partial charge in [0.2, 0.25) is 0 Å². The second-order valence-electron chi connectivity index (χ2n) is 5.15. The van der Waals surface area contributed by atoms with Crippen molar-refractivity contribution < 1.29 is 4.79 Å². The molecule has 22 heavy (non-hydrogen) atoms. The first-order valence-corrected chi connectivity index (χ1v) is 6.81. The van der Waals surface area contributed by atoms with E-state index < -0.39 is 0 Å². The molecule has 0 radical (unpaired) electrons. The van der Waals surface area contributed by atoms with E-state index in [1.165, 1.54) is 9.80 Å². The summed E-state index contributed by atoms with van der Waals surface area (Å²) in [7, 11) is 3.40. The first kappa shape index (κ1) is 14.0. The van der Waals surface area contributed by atoms with Crippen molar-refractivity contribution >= 4 is 28.6 Å². The van der Waals surface area contributed by atoms with Gasteiger partial charge in [0.15, 0.2) is 5.82 Å². The maximum atomic E-state index is 12.6. The van der Waals surface area contributed by atoms with Crippen LogP contribution in [0.1, 0.15) is 5.69 Å². The number of hydrogen-bond acceptors (Lipinski definition) is 4. The summed E-state index contributed by atoms with van der Waals surface area (Å²) >= 11 is 0. The smallest absolute Gasteiger partial charge is 0.329 e. The lowest BCUT2D eigenvalue weighted by Gasteiger charge is -2.25. The number of aryl methyl sites for hydroxylation is 1. The van der Waals surface area contributed by atoms with Gasteiger partial charge in [-0.3, -0.25) is 0 Å². The van der Waals surface area contributed by atoms with Gasteiger partial charge in [0.05, 0.1) is 28.7 Å². The van der Waals surface area contributed by atoms with Crippen LogP contribution in [-0.2, 0) is 0 Å². The normalized spacial score (nSPS) is 10.7. The van der Waals surface area contributed by atoms with Crippen molar-refractivity contribution in [2.45, 2.75) is 6.92 Å². The Morgan fingerprint density at radius 1 is 1.14 bits per heavy atom. The summed E-state index contributed by atoms with van der Waals surface area (Å²) in [6.45, 7) is 1.85. The van der Waals surface area contributed by atoms with E-state index in [1.54, 1.807) is 26.5 Å². The molecule has 0 bridgehead atoms. The van der Waals surface area contributed by atoms with Crippen molar-refractivity contribution in [3.05, 3.63) is 42.4 Å². The summed E-state index contributed by atoms with van der Waals surface area (Å²) in [5, 5.41) is 8.17. The van der Waals surface area contributed by atoms with Gasteiger partial charge in [0, 0.05) is 14.1 Å². The van der Waals surface area contributed by atoms with Crippen LogP contribution in [0.4, 0.5) is 16.3 Å². The molecule has 0 aliphatic rings. The van der Waals surface area contributed by atoms with Crippen molar-refractivity contribution in [3.8, 4) is 0 Å². The third-order valence-corrected chi connectivity index (χ3v) is 3.25. The molecule has 3 aromatic rings. The number of fused-ring (bicyclic) bond motifs is 1. The van der Waals surface area contributed by atoms with Crippen LogP contribution in [-0.4, -0.2) is 45.2 Å². The number of amides is 2. The SMILES string of the molecule is Cc1ccc(N(C(=O)N(C)C)c2ccc3nc[nH]c3c2)nn1. The van der Waals surface area contributed by atoms with Crippen LogP contribution in [0, 0.1) is 6.92 Å². The van der Waals surface area contributed by atoms with E-state index in [2.05, 4.69) is 20.2 Å². The van der Waals surface area contributed by atoms with Gasteiger partial charge in [-0.25, -0.2) is 14.7 Å². The lowest BCUT2D eigenvalue weighted by atomic mass is 10.2. The number of H-pyrrole nitrogens is 1. The molecule has 112 valence electrons. The molecule has 7 heteroatoms. The zero-order valence-corrected chi connectivity index (χ0v) is 12.6. The minimum atomic E-state index is -0.197. The number of carbonyl (C=O) groups excluding carboxylic acids is 1. The maximum absolute atomic E-state index is 12.6. The number of rotatable bonds is 2. The molecule has 3 rings (SSSR count). The summed E-state index contributed by atoms with van der Waals surface area (Å²) in [5.74, 6) is 0.475. The van der Waals surface area contributed by atoms with Gasteiger partial charge in [-0.1, -0.05) is 0 Å². The highest BCUT2D eigenvalue weighted by molar-refractivity contribution is 5.99. The molecule has 0 fully saturated rings. The molecule has 1 N–H and O–H groups in total. The number of nitrogens with one attached hydrogen (secondary N) is 1. The molecular weight excluding hydrogens is 280 g/mol. The zero-order chi connectivity index (χ0) is 15.7. The van der Waals surface area contributed by atoms with E-state index >= 15 is 0 Å². The predicted octanol–water partition coefficient (Wildman–Crippen LogP) is 2.48.